The van der Waals surface area contributed by atoms with Crippen molar-refractivity contribution < 1.29 is 38.6 Å². The Morgan fingerprint density at radius 2 is 2.02 bits per heavy atom. The molecule has 42 heavy (non-hydrogen) atoms. The fourth-order valence-electron chi connectivity index (χ4n) is 4.03. The van der Waals surface area contributed by atoms with E-state index in [2.05, 4.69) is 20.8 Å². The summed E-state index contributed by atoms with van der Waals surface area (Å²) in [6.45, 7) is 2.05. The van der Waals surface area contributed by atoms with E-state index in [1.807, 2.05) is 0 Å². The number of hydrogen-bond donors (Lipinski definition) is 4. The van der Waals surface area contributed by atoms with E-state index in [4.69, 9.17) is 19.9 Å². The van der Waals surface area contributed by atoms with Gasteiger partial charge in [0.05, 0.1) is 7.11 Å². The largest absolute Gasteiger partial charge is 0.497 e. The number of thioether (sulfide) groups is 1. The van der Waals surface area contributed by atoms with Gasteiger partial charge in [0, 0.05) is 17.7 Å². The molecule has 2 aromatic rings. The third-order valence-electron chi connectivity index (χ3n) is 6.04. The second-order valence-electron chi connectivity index (χ2n) is 8.71. The van der Waals surface area contributed by atoms with Gasteiger partial charge in [0.2, 0.25) is 0 Å². The topological polar surface area (TPSA) is 195 Å². The smallest absolute Gasteiger partial charge is 0.407 e. The highest BCUT2D eigenvalue weighted by Gasteiger charge is 2.54. The van der Waals surface area contributed by atoms with E-state index in [-0.39, 0.29) is 35.5 Å². The summed E-state index contributed by atoms with van der Waals surface area (Å²) in [5.74, 6) is -1.20. The van der Waals surface area contributed by atoms with Crippen LogP contribution in [0, 0.1) is 0 Å². The van der Waals surface area contributed by atoms with Gasteiger partial charge in [0.25, 0.3) is 11.8 Å². The number of β-lactam (4-membered cyclic amide) rings is 1. The first-order valence-electron chi connectivity index (χ1n) is 12.6. The van der Waals surface area contributed by atoms with Gasteiger partial charge in [-0.1, -0.05) is 23.4 Å². The van der Waals surface area contributed by atoms with Gasteiger partial charge in [-0.05, 0) is 36.3 Å². The second-order valence-corrected chi connectivity index (χ2v) is 10.7. The number of hydrogen-bond acceptors (Lipinski definition) is 13. The molecule has 4 rings (SSSR count). The van der Waals surface area contributed by atoms with E-state index in [1.165, 1.54) is 22.0 Å². The standard InChI is InChI=1S/C26H28N6O8S2/c1-3-28-26(36)39-10-4-5-15-12-41-23-19(30-21(33)18(31-37)17-13-42-25(27)29-17)22(34)32(23)20(15)24(35)40-11-14-6-8-16(38-2)9-7-14/h4-9,13,19,23,37H,3,10-12H2,1-2H3,(H2,27,29)(H,28,36)(H,30,33)/b5-4-,31-18-/t19-,23-/m1/s1. The van der Waals surface area contributed by atoms with Crippen LogP contribution in [-0.2, 0) is 30.5 Å². The zero-order valence-electron chi connectivity index (χ0n) is 22.6. The van der Waals surface area contributed by atoms with Crippen molar-refractivity contribution in [3.05, 3.63) is 64.3 Å². The maximum atomic E-state index is 13.3. The number of nitrogens with two attached hydrogens (primary N) is 1. The Morgan fingerprint density at radius 1 is 1.26 bits per heavy atom. The monoisotopic (exact) mass is 616 g/mol. The van der Waals surface area contributed by atoms with Crippen LogP contribution >= 0.6 is 23.1 Å². The first-order valence-corrected chi connectivity index (χ1v) is 14.5. The lowest BCUT2D eigenvalue weighted by Crippen LogP contribution is -2.71. The number of methoxy groups -OCH3 is 1. The van der Waals surface area contributed by atoms with Crippen molar-refractivity contribution in [1.82, 2.24) is 20.5 Å². The van der Waals surface area contributed by atoms with Crippen LogP contribution in [0.2, 0.25) is 0 Å². The van der Waals surface area contributed by atoms with Gasteiger partial charge in [-0.15, -0.1) is 23.1 Å². The molecule has 0 unspecified atom stereocenters. The van der Waals surface area contributed by atoms with Crippen molar-refractivity contribution in [3.8, 4) is 5.75 Å². The number of nitrogens with one attached hydrogen (secondary N) is 2. The minimum atomic E-state index is -1.01. The molecule has 5 N–H and O–H groups in total. The van der Waals surface area contributed by atoms with E-state index in [9.17, 15) is 24.4 Å². The normalized spacial score (nSPS) is 18.3. The molecule has 3 heterocycles. The Balaban J connectivity index is 1.51. The van der Waals surface area contributed by atoms with Gasteiger partial charge in [-0.25, -0.2) is 14.6 Å². The quantitative estimate of drug-likeness (QED) is 0.0942. The van der Waals surface area contributed by atoms with Crippen LogP contribution < -0.4 is 21.1 Å². The van der Waals surface area contributed by atoms with Crippen molar-refractivity contribution in [1.29, 1.82) is 0 Å². The number of thiazole rings is 1. The number of allylic oxidation sites excluding steroid dienone is 1. The molecule has 16 heteroatoms. The molecule has 0 bridgehead atoms. The summed E-state index contributed by atoms with van der Waals surface area (Å²) >= 11 is 2.37. The summed E-state index contributed by atoms with van der Waals surface area (Å²) in [7, 11) is 1.54. The number of ether oxygens (including phenoxy) is 3. The second kappa shape index (κ2) is 13.9. The average molecular weight is 617 g/mol. The number of alkyl carbamates (subject to hydrolysis) is 1. The Kier molecular flexibility index (Phi) is 10.0. The lowest BCUT2D eigenvalue weighted by molar-refractivity contribution is -0.153. The third-order valence-corrected chi connectivity index (χ3v) is 8.01. The van der Waals surface area contributed by atoms with Crippen LogP contribution in [0.15, 0.2) is 58.2 Å². The van der Waals surface area contributed by atoms with Gasteiger partial charge >= 0.3 is 12.1 Å². The molecule has 1 aromatic heterocycles. The fourth-order valence-corrected chi connectivity index (χ4v) is 5.89. The lowest BCUT2D eigenvalue weighted by atomic mass is 10.0. The Hall–Kier alpha value is -4.57. The third kappa shape index (κ3) is 6.83. The molecule has 0 spiro atoms. The number of benzene rings is 1. The summed E-state index contributed by atoms with van der Waals surface area (Å²) < 4.78 is 15.7. The molecule has 3 amide bonds. The van der Waals surface area contributed by atoms with Gasteiger partial charge in [0.1, 0.15) is 41.8 Å². The Bertz CT molecular complexity index is 1440. The predicted octanol–water partition coefficient (Wildman–Crippen LogP) is 1.61. The molecular formula is C26H28N6O8S2. The highest BCUT2D eigenvalue weighted by atomic mass is 32.2. The average Bonchev–Trinajstić information content (AvgIpc) is 3.42. The Labute approximate surface area is 248 Å². The van der Waals surface area contributed by atoms with Crippen LogP contribution in [-0.4, -0.2) is 82.1 Å². The first-order chi connectivity index (χ1) is 20.3. The van der Waals surface area contributed by atoms with Crippen molar-refractivity contribution in [2.24, 2.45) is 5.16 Å². The maximum absolute atomic E-state index is 13.3. The van der Waals surface area contributed by atoms with E-state index in [1.54, 1.807) is 50.5 Å². The predicted molar refractivity (Wildman–Crippen MR) is 154 cm³/mol. The number of carbonyl (C=O) groups excluding carboxylic acids is 4. The van der Waals surface area contributed by atoms with Crippen LogP contribution in [0.3, 0.4) is 0 Å². The zero-order valence-corrected chi connectivity index (χ0v) is 24.2. The number of esters is 1. The molecule has 2 aliphatic heterocycles. The van der Waals surface area contributed by atoms with Crippen LogP contribution in [0.1, 0.15) is 18.2 Å². The number of fused-ring (bicyclic) bond motifs is 1. The van der Waals surface area contributed by atoms with Gasteiger partial charge in [-0.2, -0.15) is 0 Å². The molecule has 2 atom stereocenters. The van der Waals surface area contributed by atoms with Crippen LogP contribution in [0.4, 0.5) is 9.93 Å². The molecule has 222 valence electrons. The highest BCUT2D eigenvalue weighted by Crippen LogP contribution is 2.41. The number of oxime groups is 1. The molecule has 1 aromatic carbocycles. The Morgan fingerprint density at radius 3 is 2.67 bits per heavy atom. The lowest BCUT2D eigenvalue weighted by Gasteiger charge is -2.49. The zero-order chi connectivity index (χ0) is 30.2. The summed E-state index contributed by atoms with van der Waals surface area (Å²) in [5.41, 5.74) is 6.46. The maximum Gasteiger partial charge on any atom is 0.407 e. The number of carbonyl (C=O) groups is 4. The molecular weight excluding hydrogens is 588 g/mol. The fraction of sp³-hybridized carbons (Fsp3) is 0.308. The van der Waals surface area contributed by atoms with Crippen LogP contribution in [0.25, 0.3) is 0 Å². The number of nitrogens with zero attached hydrogens (tertiary/aromatic N) is 3. The van der Waals surface area contributed by atoms with E-state index >= 15 is 0 Å². The number of anilines is 1. The number of rotatable bonds is 11. The summed E-state index contributed by atoms with van der Waals surface area (Å²) in [5, 5.41) is 18.5. The van der Waals surface area contributed by atoms with Crippen molar-refractivity contribution in [2.45, 2.75) is 24.9 Å². The summed E-state index contributed by atoms with van der Waals surface area (Å²) in [6.07, 6.45) is 2.56. The van der Waals surface area contributed by atoms with Crippen molar-refractivity contribution in [3.63, 3.8) is 0 Å². The van der Waals surface area contributed by atoms with Crippen molar-refractivity contribution in [2.75, 3.05) is 31.7 Å². The SMILES string of the molecule is CCNC(=O)OC/C=C\C1=C(C(=O)OCc2ccc(OC)cc2)N2C(=O)[C@@H](NC(=O)/C(=N\O)c3csc(N)n3)[C@H]2SC1. The number of aromatic nitrogens is 1. The molecule has 0 radical (unpaired) electrons. The first kappa shape index (κ1) is 30.4. The summed E-state index contributed by atoms with van der Waals surface area (Å²) in [4.78, 5) is 56.2. The number of amides is 3. The van der Waals surface area contributed by atoms with Crippen molar-refractivity contribution >= 4 is 57.8 Å². The minimum absolute atomic E-state index is 0.0142. The van der Waals surface area contributed by atoms with E-state index in [0.29, 0.717) is 23.4 Å². The molecule has 1 fully saturated rings. The van der Waals surface area contributed by atoms with Gasteiger partial charge in [0.15, 0.2) is 10.8 Å². The minimum Gasteiger partial charge on any atom is -0.497 e. The molecule has 1 saturated heterocycles. The van der Waals surface area contributed by atoms with E-state index < -0.39 is 41.0 Å². The molecule has 0 aliphatic carbocycles. The highest BCUT2D eigenvalue weighted by molar-refractivity contribution is 8.00. The molecule has 2 aliphatic rings. The number of nitrogen functional groups attached to an aromatic ring is 1. The van der Waals surface area contributed by atoms with Gasteiger partial charge < -0.3 is 35.8 Å². The van der Waals surface area contributed by atoms with E-state index in [0.717, 1.165) is 11.3 Å². The molecule has 14 nitrogen and oxygen atoms in total. The molecule has 0 saturated carbocycles. The van der Waals surface area contributed by atoms with Gasteiger partial charge in [-0.3, -0.25) is 14.5 Å². The summed E-state index contributed by atoms with van der Waals surface area (Å²) in [6, 6.07) is 5.95. The van der Waals surface area contributed by atoms with Crippen LogP contribution in [0.5, 0.6) is 5.75 Å².